The summed E-state index contributed by atoms with van der Waals surface area (Å²) in [5.41, 5.74) is 0.924. The lowest BCUT2D eigenvalue weighted by Crippen LogP contribution is -2.48. The smallest absolute Gasteiger partial charge is 0.248 e. The van der Waals surface area contributed by atoms with Gasteiger partial charge in [-0.1, -0.05) is 32.0 Å². The molecule has 1 aliphatic heterocycles. The second-order valence-corrected chi connectivity index (χ2v) is 6.35. The fourth-order valence-corrected chi connectivity index (χ4v) is 3.08. The molecule has 1 aromatic carbocycles. The molecule has 0 saturated carbocycles. The Kier molecular flexibility index (Phi) is 4.64. The molecule has 1 N–H and O–H groups in total. The van der Waals surface area contributed by atoms with Gasteiger partial charge in [0.15, 0.2) is 5.82 Å². The predicted molar refractivity (Wildman–Crippen MR) is 91.8 cm³/mol. The van der Waals surface area contributed by atoms with E-state index in [4.69, 9.17) is 0 Å². The molecular weight excluding hydrogens is 304 g/mol. The van der Waals surface area contributed by atoms with Crippen LogP contribution in [0.25, 0.3) is 5.69 Å². The molecule has 2 aromatic rings. The van der Waals surface area contributed by atoms with Crippen molar-refractivity contribution in [2.75, 3.05) is 11.9 Å². The van der Waals surface area contributed by atoms with Crippen LogP contribution in [-0.4, -0.2) is 39.1 Å². The summed E-state index contributed by atoms with van der Waals surface area (Å²) in [5, 5.41) is 7.24. The van der Waals surface area contributed by atoms with E-state index in [2.05, 4.69) is 10.4 Å². The molecule has 0 unspecified atom stereocenters. The molecule has 0 spiro atoms. The minimum absolute atomic E-state index is 0.0447. The number of anilines is 1. The standard InChI is InChI=1S/C18H22N4O2/c1-13(2)17(21-11-6-9-16(21)23)18(24)19-15-10-12-22(20-15)14-7-4-3-5-8-14/h3-5,7-8,10,12-13,17H,6,9,11H2,1-2H3,(H,19,20,24)/t17-/m1/s1. The Labute approximate surface area is 141 Å². The fraction of sp³-hybridized carbons (Fsp3) is 0.389. The Hall–Kier alpha value is -2.63. The zero-order valence-electron chi connectivity index (χ0n) is 14.0. The number of carbonyl (C=O) groups is 2. The molecule has 24 heavy (non-hydrogen) atoms. The third-order valence-corrected chi connectivity index (χ3v) is 4.21. The number of nitrogens with one attached hydrogen (secondary N) is 1. The maximum atomic E-state index is 12.7. The Morgan fingerprint density at radius 1 is 1.21 bits per heavy atom. The minimum Gasteiger partial charge on any atom is -0.330 e. The molecule has 2 heterocycles. The molecule has 0 aliphatic carbocycles. The molecular formula is C18H22N4O2. The quantitative estimate of drug-likeness (QED) is 0.918. The number of carbonyl (C=O) groups excluding carboxylic acids is 2. The summed E-state index contributed by atoms with van der Waals surface area (Å²) in [6.45, 7) is 4.56. The van der Waals surface area contributed by atoms with Gasteiger partial charge in [-0.15, -0.1) is 0 Å². The van der Waals surface area contributed by atoms with Crippen molar-refractivity contribution in [3.8, 4) is 5.69 Å². The van der Waals surface area contributed by atoms with Crippen LogP contribution in [0.5, 0.6) is 0 Å². The number of rotatable bonds is 5. The van der Waals surface area contributed by atoms with Crippen molar-refractivity contribution in [3.63, 3.8) is 0 Å². The molecule has 1 saturated heterocycles. The number of hydrogen-bond donors (Lipinski definition) is 1. The highest BCUT2D eigenvalue weighted by Crippen LogP contribution is 2.20. The van der Waals surface area contributed by atoms with Crippen LogP contribution in [0.4, 0.5) is 5.82 Å². The number of aromatic nitrogens is 2. The van der Waals surface area contributed by atoms with Crippen molar-refractivity contribution < 1.29 is 9.59 Å². The van der Waals surface area contributed by atoms with Crippen LogP contribution in [0, 0.1) is 5.92 Å². The lowest BCUT2D eigenvalue weighted by Gasteiger charge is -2.29. The van der Waals surface area contributed by atoms with Gasteiger partial charge in [0, 0.05) is 25.2 Å². The highest BCUT2D eigenvalue weighted by atomic mass is 16.2. The van der Waals surface area contributed by atoms with Gasteiger partial charge in [0.25, 0.3) is 0 Å². The number of amides is 2. The molecule has 1 fully saturated rings. The first-order chi connectivity index (χ1) is 11.6. The van der Waals surface area contributed by atoms with E-state index >= 15 is 0 Å². The molecule has 0 radical (unpaired) electrons. The van der Waals surface area contributed by atoms with Crippen LogP contribution in [-0.2, 0) is 9.59 Å². The lowest BCUT2D eigenvalue weighted by molar-refractivity contribution is -0.136. The molecule has 6 nitrogen and oxygen atoms in total. The molecule has 6 heteroatoms. The fourth-order valence-electron chi connectivity index (χ4n) is 3.08. The van der Waals surface area contributed by atoms with Crippen LogP contribution in [0.15, 0.2) is 42.6 Å². The summed E-state index contributed by atoms with van der Waals surface area (Å²) in [6, 6.07) is 11.0. The second kappa shape index (κ2) is 6.86. The van der Waals surface area contributed by atoms with Crippen LogP contribution in [0.2, 0.25) is 0 Å². The molecule has 126 valence electrons. The molecule has 1 atom stereocenters. The van der Waals surface area contributed by atoms with E-state index in [1.54, 1.807) is 21.8 Å². The van der Waals surface area contributed by atoms with Gasteiger partial charge in [0.2, 0.25) is 11.8 Å². The van der Waals surface area contributed by atoms with E-state index < -0.39 is 6.04 Å². The van der Waals surface area contributed by atoms with Gasteiger partial charge in [-0.2, -0.15) is 5.10 Å². The molecule has 2 amide bonds. The van der Waals surface area contributed by atoms with Crippen molar-refractivity contribution in [2.45, 2.75) is 32.7 Å². The summed E-state index contributed by atoms with van der Waals surface area (Å²) in [5.74, 6) is 0.404. The molecule has 3 rings (SSSR count). The predicted octanol–water partition coefficient (Wildman–Crippen LogP) is 2.46. The normalized spacial score (nSPS) is 15.8. The van der Waals surface area contributed by atoms with Gasteiger partial charge in [0.1, 0.15) is 6.04 Å². The number of para-hydroxylation sites is 1. The maximum Gasteiger partial charge on any atom is 0.248 e. The molecule has 0 bridgehead atoms. The first-order valence-electron chi connectivity index (χ1n) is 8.27. The Balaban J connectivity index is 1.74. The van der Waals surface area contributed by atoms with E-state index in [1.165, 1.54) is 0 Å². The van der Waals surface area contributed by atoms with E-state index in [0.29, 0.717) is 18.8 Å². The van der Waals surface area contributed by atoms with E-state index in [-0.39, 0.29) is 17.7 Å². The SMILES string of the molecule is CC(C)[C@H](C(=O)Nc1ccn(-c2ccccc2)n1)N1CCCC1=O. The van der Waals surface area contributed by atoms with Crippen LogP contribution < -0.4 is 5.32 Å². The van der Waals surface area contributed by atoms with Gasteiger partial charge in [-0.3, -0.25) is 9.59 Å². The second-order valence-electron chi connectivity index (χ2n) is 6.35. The number of benzene rings is 1. The molecule has 1 aliphatic rings. The summed E-state index contributed by atoms with van der Waals surface area (Å²) in [7, 11) is 0. The summed E-state index contributed by atoms with van der Waals surface area (Å²) >= 11 is 0. The van der Waals surface area contributed by atoms with E-state index in [9.17, 15) is 9.59 Å². The first kappa shape index (κ1) is 16.2. The van der Waals surface area contributed by atoms with Crippen LogP contribution >= 0.6 is 0 Å². The van der Waals surface area contributed by atoms with Gasteiger partial charge < -0.3 is 10.2 Å². The third kappa shape index (κ3) is 3.32. The van der Waals surface area contributed by atoms with Crippen molar-refractivity contribution in [3.05, 3.63) is 42.6 Å². The zero-order valence-corrected chi connectivity index (χ0v) is 14.0. The lowest BCUT2D eigenvalue weighted by atomic mass is 10.0. The van der Waals surface area contributed by atoms with Gasteiger partial charge in [-0.05, 0) is 24.5 Å². The van der Waals surface area contributed by atoms with Gasteiger partial charge in [-0.25, -0.2) is 4.68 Å². The first-order valence-corrected chi connectivity index (χ1v) is 8.27. The Morgan fingerprint density at radius 2 is 1.96 bits per heavy atom. The highest BCUT2D eigenvalue weighted by molar-refractivity contribution is 5.97. The Bertz CT molecular complexity index is 724. The van der Waals surface area contributed by atoms with E-state index in [1.807, 2.05) is 44.2 Å². The highest BCUT2D eigenvalue weighted by Gasteiger charge is 2.35. The summed E-state index contributed by atoms with van der Waals surface area (Å²) < 4.78 is 1.71. The minimum atomic E-state index is -0.457. The third-order valence-electron chi connectivity index (χ3n) is 4.21. The topological polar surface area (TPSA) is 67.2 Å². The van der Waals surface area contributed by atoms with Crippen molar-refractivity contribution in [2.24, 2.45) is 5.92 Å². The Morgan fingerprint density at radius 3 is 2.58 bits per heavy atom. The van der Waals surface area contributed by atoms with Gasteiger partial charge >= 0.3 is 0 Å². The van der Waals surface area contributed by atoms with E-state index in [0.717, 1.165) is 12.1 Å². The summed E-state index contributed by atoms with van der Waals surface area (Å²) in [4.78, 5) is 26.4. The van der Waals surface area contributed by atoms with Crippen LogP contribution in [0.3, 0.4) is 0 Å². The average Bonchev–Trinajstić information content (AvgIpc) is 3.18. The largest absolute Gasteiger partial charge is 0.330 e. The van der Waals surface area contributed by atoms with Gasteiger partial charge in [0.05, 0.1) is 5.69 Å². The molecule has 1 aromatic heterocycles. The van der Waals surface area contributed by atoms with Crippen LogP contribution in [0.1, 0.15) is 26.7 Å². The number of hydrogen-bond acceptors (Lipinski definition) is 3. The number of nitrogens with zero attached hydrogens (tertiary/aromatic N) is 3. The number of likely N-dealkylation sites (tertiary alicyclic amines) is 1. The van der Waals surface area contributed by atoms with Crippen molar-refractivity contribution in [1.29, 1.82) is 0 Å². The monoisotopic (exact) mass is 326 g/mol. The zero-order chi connectivity index (χ0) is 17.1. The maximum absolute atomic E-state index is 12.7. The average molecular weight is 326 g/mol. The summed E-state index contributed by atoms with van der Waals surface area (Å²) in [6.07, 6.45) is 3.15. The van der Waals surface area contributed by atoms with Crippen molar-refractivity contribution in [1.82, 2.24) is 14.7 Å². The van der Waals surface area contributed by atoms with Crippen molar-refractivity contribution >= 4 is 17.6 Å².